The van der Waals surface area contributed by atoms with E-state index in [4.69, 9.17) is 10.6 Å². The SMILES string of the molecule is CNCCNc1cc[n+](CC2=C(C(=O)O)N3C(=O)[C@@H](NC(=O)/C(=N\OC4(C(=O)O)CCC4)c4nsc(N)n4)[C@H]3SC2)cc1. The maximum atomic E-state index is 13.3. The maximum Gasteiger partial charge on any atom is 0.352 e. The number of carboxylic acid groups (broad SMARTS) is 2. The first-order valence-corrected chi connectivity index (χ1v) is 15.1. The average Bonchev–Trinajstić information content (AvgIpc) is 3.39. The molecule has 228 valence electrons. The molecule has 3 aliphatic rings. The van der Waals surface area contributed by atoms with E-state index in [1.165, 1.54) is 16.7 Å². The van der Waals surface area contributed by atoms with Crippen LogP contribution in [0.3, 0.4) is 0 Å². The molecule has 2 amide bonds. The van der Waals surface area contributed by atoms with Gasteiger partial charge in [0.25, 0.3) is 11.8 Å². The summed E-state index contributed by atoms with van der Waals surface area (Å²) in [5.74, 6) is -3.83. The van der Waals surface area contributed by atoms with Crippen LogP contribution in [0.4, 0.5) is 10.8 Å². The summed E-state index contributed by atoms with van der Waals surface area (Å²) in [6, 6.07) is 2.70. The van der Waals surface area contributed by atoms with Crippen molar-refractivity contribution in [1.29, 1.82) is 0 Å². The fraction of sp³-hybridized carbons (Fsp3) is 0.440. The maximum absolute atomic E-state index is 13.3. The summed E-state index contributed by atoms with van der Waals surface area (Å²) >= 11 is 2.12. The highest BCUT2D eigenvalue weighted by Gasteiger charge is 2.55. The third-order valence-electron chi connectivity index (χ3n) is 7.24. The van der Waals surface area contributed by atoms with Gasteiger partial charge in [0.1, 0.15) is 17.1 Å². The van der Waals surface area contributed by atoms with Crippen molar-refractivity contribution in [3.63, 3.8) is 0 Å². The minimum Gasteiger partial charge on any atom is -0.478 e. The number of hydrogen-bond acceptors (Lipinski definition) is 13. The Balaban J connectivity index is 1.30. The molecule has 1 saturated heterocycles. The molecular formula is C25H30N9O7S2+. The highest BCUT2D eigenvalue weighted by molar-refractivity contribution is 8.00. The zero-order chi connectivity index (χ0) is 30.7. The summed E-state index contributed by atoms with van der Waals surface area (Å²) in [6.45, 7) is 1.81. The topological polar surface area (TPSA) is 225 Å². The fourth-order valence-corrected chi connectivity index (χ4v) is 6.51. The van der Waals surface area contributed by atoms with Gasteiger partial charge in [0.2, 0.25) is 17.1 Å². The lowest BCUT2D eigenvalue weighted by molar-refractivity contribution is -0.688. The van der Waals surface area contributed by atoms with Gasteiger partial charge in [-0.3, -0.25) is 14.5 Å². The lowest BCUT2D eigenvalue weighted by atomic mass is 9.80. The number of rotatable bonds is 13. The van der Waals surface area contributed by atoms with E-state index in [-0.39, 0.29) is 36.0 Å². The summed E-state index contributed by atoms with van der Waals surface area (Å²) in [7, 11) is 1.87. The molecule has 2 aromatic rings. The normalized spacial score (nSPS) is 20.9. The van der Waals surface area contributed by atoms with E-state index < -0.39 is 46.5 Å². The van der Waals surface area contributed by atoms with Crippen molar-refractivity contribution < 1.29 is 38.8 Å². The highest BCUT2D eigenvalue weighted by Crippen LogP contribution is 2.40. The van der Waals surface area contributed by atoms with Crippen LogP contribution in [0.5, 0.6) is 0 Å². The van der Waals surface area contributed by atoms with E-state index in [2.05, 4.69) is 30.5 Å². The van der Waals surface area contributed by atoms with Crippen LogP contribution in [-0.2, 0) is 30.6 Å². The Labute approximate surface area is 253 Å². The van der Waals surface area contributed by atoms with Crippen LogP contribution >= 0.6 is 23.3 Å². The number of amides is 2. The monoisotopic (exact) mass is 632 g/mol. The molecule has 2 aliphatic heterocycles. The number of thioether (sulfide) groups is 1. The number of carboxylic acids is 2. The number of fused-ring (bicyclic) bond motifs is 1. The molecule has 2 fully saturated rings. The minimum atomic E-state index is -1.56. The van der Waals surface area contributed by atoms with E-state index >= 15 is 0 Å². The van der Waals surface area contributed by atoms with Gasteiger partial charge in [-0.25, -0.2) is 14.2 Å². The lowest BCUT2D eigenvalue weighted by Crippen LogP contribution is -2.71. The number of nitrogens with two attached hydrogens (primary N) is 1. The van der Waals surface area contributed by atoms with Crippen molar-refractivity contribution in [2.45, 2.75) is 42.8 Å². The van der Waals surface area contributed by atoms with E-state index in [0.717, 1.165) is 30.3 Å². The summed E-state index contributed by atoms with van der Waals surface area (Å²) in [6.07, 6.45) is 4.70. The molecule has 18 heteroatoms. The number of aromatic nitrogens is 3. The number of pyridine rings is 1. The molecule has 1 aliphatic carbocycles. The Bertz CT molecular complexity index is 1490. The highest BCUT2D eigenvalue weighted by atomic mass is 32.2. The molecule has 4 heterocycles. The molecule has 0 bridgehead atoms. The number of nitrogen functional groups attached to an aromatic ring is 1. The van der Waals surface area contributed by atoms with Crippen LogP contribution in [0.15, 0.2) is 41.0 Å². The molecule has 1 saturated carbocycles. The number of aliphatic carboxylic acids is 2. The van der Waals surface area contributed by atoms with Gasteiger partial charge in [-0.05, 0) is 13.5 Å². The van der Waals surface area contributed by atoms with Crippen LogP contribution in [-0.4, -0.2) is 96.8 Å². The molecule has 0 spiro atoms. The number of oxime groups is 1. The molecular weight excluding hydrogens is 602 g/mol. The lowest BCUT2D eigenvalue weighted by Gasteiger charge is -2.49. The number of anilines is 2. The van der Waals surface area contributed by atoms with Crippen molar-refractivity contribution in [3.8, 4) is 0 Å². The van der Waals surface area contributed by atoms with Crippen molar-refractivity contribution in [3.05, 3.63) is 41.6 Å². The smallest absolute Gasteiger partial charge is 0.352 e. The van der Waals surface area contributed by atoms with E-state index in [0.29, 0.717) is 17.7 Å². The quantitative estimate of drug-likeness (QED) is 0.0524. The Kier molecular flexibility index (Phi) is 8.79. The zero-order valence-corrected chi connectivity index (χ0v) is 24.6. The first kappa shape index (κ1) is 30.2. The van der Waals surface area contributed by atoms with Gasteiger partial charge in [0, 0.05) is 66.6 Å². The van der Waals surface area contributed by atoms with Crippen molar-refractivity contribution in [2.24, 2.45) is 5.16 Å². The van der Waals surface area contributed by atoms with Crippen molar-refractivity contribution in [2.75, 3.05) is 36.9 Å². The fourth-order valence-electron chi connectivity index (χ4n) is 4.74. The van der Waals surface area contributed by atoms with Gasteiger partial charge in [0.15, 0.2) is 24.1 Å². The number of likely N-dealkylation sites (N-methyl/N-ethyl adjacent to an activating group) is 1. The first-order chi connectivity index (χ1) is 20.6. The second kappa shape index (κ2) is 12.5. The number of nitrogens with one attached hydrogen (secondary N) is 3. The van der Waals surface area contributed by atoms with Crippen LogP contribution in [0.25, 0.3) is 0 Å². The van der Waals surface area contributed by atoms with Gasteiger partial charge in [-0.1, -0.05) is 5.16 Å². The van der Waals surface area contributed by atoms with Crippen molar-refractivity contribution >= 4 is 63.6 Å². The molecule has 0 aromatic carbocycles. The van der Waals surface area contributed by atoms with Crippen LogP contribution in [0, 0.1) is 0 Å². The zero-order valence-electron chi connectivity index (χ0n) is 23.0. The molecule has 16 nitrogen and oxygen atoms in total. The van der Waals surface area contributed by atoms with E-state index in [9.17, 15) is 29.4 Å². The number of carbonyl (C=O) groups is 4. The minimum absolute atomic E-state index is 0.0437. The van der Waals surface area contributed by atoms with Gasteiger partial charge in [-0.15, -0.1) is 11.8 Å². The summed E-state index contributed by atoms with van der Waals surface area (Å²) in [4.78, 5) is 60.9. The second-order valence-electron chi connectivity index (χ2n) is 10.0. The number of β-lactam (4-membered cyclic amide) rings is 1. The predicted molar refractivity (Wildman–Crippen MR) is 155 cm³/mol. The third-order valence-corrected chi connectivity index (χ3v) is 9.12. The second-order valence-corrected chi connectivity index (χ2v) is 11.9. The standard InChI is InChI=1S/C25H29N9O7S2/c1-27-7-8-28-14-3-9-33(10-4-14)11-13-12-42-21-16(20(36)34(21)17(13)22(37)38)29-19(35)15(18-30-24(26)43-32-18)31-41-25(23(39)40)5-2-6-25/h3-4,9-10,16,21,27H,2,5-8,11-12H2,1H3,(H5,26,29,30,32,35,37,38,39,40)/p+1/b31-15-/t16-,21-/m1/s1. The number of hydrogen-bond donors (Lipinski definition) is 6. The molecule has 0 radical (unpaired) electrons. The predicted octanol–water partition coefficient (Wildman–Crippen LogP) is -0.794. The van der Waals surface area contributed by atoms with Crippen molar-refractivity contribution in [1.82, 2.24) is 24.9 Å². The largest absolute Gasteiger partial charge is 0.478 e. The molecule has 5 rings (SSSR count). The molecule has 2 aromatic heterocycles. The molecule has 43 heavy (non-hydrogen) atoms. The van der Waals surface area contributed by atoms with Crippen LogP contribution in [0.1, 0.15) is 25.1 Å². The van der Waals surface area contributed by atoms with E-state index in [1.807, 2.05) is 36.1 Å². The van der Waals surface area contributed by atoms with E-state index in [1.54, 1.807) is 0 Å². The Hall–Kier alpha value is -4.29. The molecule has 7 N–H and O–H groups in total. The first-order valence-electron chi connectivity index (χ1n) is 13.3. The van der Waals surface area contributed by atoms with Gasteiger partial charge in [0.05, 0.1) is 0 Å². The number of carbonyl (C=O) groups excluding carboxylic acids is 2. The summed E-state index contributed by atoms with van der Waals surface area (Å²) in [5, 5.41) is 31.6. The Morgan fingerprint density at radius 1 is 1.26 bits per heavy atom. The number of nitrogens with zero attached hydrogens (tertiary/aromatic N) is 5. The molecule has 2 atom stereocenters. The van der Waals surface area contributed by atoms with Crippen LogP contribution in [0.2, 0.25) is 0 Å². The third kappa shape index (κ3) is 6.11. The summed E-state index contributed by atoms with van der Waals surface area (Å²) < 4.78 is 5.81. The average molecular weight is 633 g/mol. The Morgan fingerprint density at radius 3 is 2.58 bits per heavy atom. The van der Waals surface area contributed by atoms with Gasteiger partial charge >= 0.3 is 11.9 Å². The Morgan fingerprint density at radius 2 is 2.00 bits per heavy atom. The summed E-state index contributed by atoms with van der Waals surface area (Å²) in [5.41, 5.74) is 5.01. The molecule has 0 unspecified atom stereocenters. The van der Waals surface area contributed by atoms with Gasteiger partial charge in [-0.2, -0.15) is 9.36 Å². The van der Waals surface area contributed by atoms with Gasteiger partial charge < -0.3 is 36.7 Å². The van der Waals surface area contributed by atoms with Crippen LogP contribution < -0.4 is 26.3 Å².